The van der Waals surface area contributed by atoms with Crippen LogP contribution in [0.4, 0.5) is 0 Å². The molecule has 1 rings (SSSR count). The summed E-state index contributed by atoms with van der Waals surface area (Å²) in [5, 5.41) is 8.91. The number of aliphatic carboxylic acids is 1. The van der Waals surface area contributed by atoms with Crippen LogP contribution in [-0.4, -0.2) is 35.0 Å². The summed E-state index contributed by atoms with van der Waals surface area (Å²) in [4.78, 5) is 23.5. The predicted octanol–water partition coefficient (Wildman–Crippen LogP) is 0.575. The number of rotatable bonds is 1. The normalized spacial score (nSPS) is 26.1. The Labute approximate surface area is 77.5 Å². The standard InChI is InChI=1S/C9H15NO3/c1-6(11)10-4-7(8(12)13)9(2,3)5-10/h7H,4-5H2,1-3H3,(H,12,13)/t7-/m1/s1. The summed E-state index contributed by atoms with van der Waals surface area (Å²) >= 11 is 0. The van der Waals surface area contributed by atoms with Crippen LogP contribution in [0.15, 0.2) is 0 Å². The number of carbonyl (C=O) groups is 2. The van der Waals surface area contributed by atoms with Crippen molar-refractivity contribution in [2.24, 2.45) is 11.3 Å². The Kier molecular flexibility index (Phi) is 2.32. The number of carboxylic acids is 1. The van der Waals surface area contributed by atoms with Gasteiger partial charge in [-0.05, 0) is 5.41 Å². The highest BCUT2D eigenvalue weighted by Crippen LogP contribution is 2.35. The molecule has 13 heavy (non-hydrogen) atoms. The van der Waals surface area contributed by atoms with Crippen molar-refractivity contribution in [2.45, 2.75) is 20.8 Å². The van der Waals surface area contributed by atoms with Gasteiger partial charge in [0.1, 0.15) is 0 Å². The highest BCUT2D eigenvalue weighted by molar-refractivity contribution is 5.77. The first-order valence-electron chi connectivity index (χ1n) is 4.33. The fourth-order valence-electron chi connectivity index (χ4n) is 1.79. The molecule has 0 aliphatic carbocycles. The van der Waals surface area contributed by atoms with Gasteiger partial charge in [0, 0.05) is 20.0 Å². The second-order valence-corrected chi connectivity index (χ2v) is 4.28. The van der Waals surface area contributed by atoms with Crippen LogP contribution in [0.2, 0.25) is 0 Å². The number of carboxylic acid groups (broad SMARTS) is 1. The molecule has 0 unspecified atom stereocenters. The summed E-state index contributed by atoms with van der Waals surface area (Å²) in [7, 11) is 0. The topological polar surface area (TPSA) is 57.6 Å². The van der Waals surface area contributed by atoms with Gasteiger partial charge in [-0.1, -0.05) is 13.8 Å². The zero-order chi connectivity index (χ0) is 10.2. The van der Waals surface area contributed by atoms with Gasteiger partial charge >= 0.3 is 5.97 Å². The molecule has 1 aliphatic rings. The average molecular weight is 185 g/mol. The number of hydrogen-bond donors (Lipinski definition) is 1. The van der Waals surface area contributed by atoms with Gasteiger partial charge in [0.15, 0.2) is 0 Å². The van der Waals surface area contributed by atoms with Crippen molar-refractivity contribution in [1.29, 1.82) is 0 Å². The smallest absolute Gasteiger partial charge is 0.308 e. The Morgan fingerprint density at radius 3 is 2.23 bits per heavy atom. The van der Waals surface area contributed by atoms with Crippen molar-refractivity contribution in [3.05, 3.63) is 0 Å². The van der Waals surface area contributed by atoms with Gasteiger partial charge in [-0.25, -0.2) is 0 Å². The molecule has 1 heterocycles. The zero-order valence-electron chi connectivity index (χ0n) is 8.20. The number of carbonyl (C=O) groups excluding carboxylic acids is 1. The molecule has 0 spiro atoms. The molecule has 0 saturated carbocycles. The van der Waals surface area contributed by atoms with Gasteiger partial charge in [-0.3, -0.25) is 9.59 Å². The third-order valence-corrected chi connectivity index (χ3v) is 2.69. The first kappa shape index (κ1) is 10.0. The van der Waals surface area contributed by atoms with E-state index in [-0.39, 0.29) is 11.3 Å². The van der Waals surface area contributed by atoms with Crippen LogP contribution in [0, 0.1) is 11.3 Å². The van der Waals surface area contributed by atoms with Crippen LogP contribution in [0.1, 0.15) is 20.8 Å². The van der Waals surface area contributed by atoms with Gasteiger partial charge in [-0.2, -0.15) is 0 Å². The SMILES string of the molecule is CC(=O)N1C[C@H](C(=O)O)C(C)(C)C1. The van der Waals surface area contributed by atoms with Crippen molar-refractivity contribution >= 4 is 11.9 Å². The number of likely N-dealkylation sites (tertiary alicyclic amines) is 1. The summed E-state index contributed by atoms with van der Waals surface area (Å²) in [6.07, 6.45) is 0. The third-order valence-electron chi connectivity index (χ3n) is 2.69. The Morgan fingerprint density at radius 1 is 1.46 bits per heavy atom. The molecule has 1 N–H and O–H groups in total. The van der Waals surface area contributed by atoms with E-state index in [0.717, 1.165) is 0 Å². The van der Waals surface area contributed by atoms with Crippen LogP contribution in [-0.2, 0) is 9.59 Å². The predicted molar refractivity (Wildman–Crippen MR) is 47.2 cm³/mol. The quantitative estimate of drug-likeness (QED) is 0.650. The van der Waals surface area contributed by atoms with E-state index in [9.17, 15) is 9.59 Å². The molecule has 0 aromatic rings. The van der Waals surface area contributed by atoms with Crippen LogP contribution in [0.3, 0.4) is 0 Å². The molecule has 1 fully saturated rings. The number of amides is 1. The fourth-order valence-corrected chi connectivity index (χ4v) is 1.79. The lowest BCUT2D eigenvalue weighted by atomic mass is 9.82. The maximum atomic E-state index is 11.0. The van der Waals surface area contributed by atoms with Crippen molar-refractivity contribution in [1.82, 2.24) is 4.90 Å². The Hall–Kier alpha value is -1.06. The lowest BCUT2D eigenvalue weighted by Crippen LogP contribution is -2.28. The average Bonchev–Trinajstić information content (AvgIpc) is 2.25. The van der Waals surface area contributed by atoms with E-state index in [1.165, 1.54) is 6.92 Å². The van der Waals surface area contributed by atoms with E-state index in [2.05, 4.69) is 0 Å². The molecule has 1 atom stereocenters. The molecule has 1 aliphatic heterocycles. The molecule has 1 saturated heterocycles. The molecular formula is C9H15NO3. The number of nitrogens with zero attached hydrogens (tertiary/aromatic N) is 1. The fraction of sp³-hybridized carbons (Fsp3) is 0.778. The Balaban J connectivity index is 2.79. The van der Waals surface area contributed by atoms with Gasteiger partial charge in [-0.15, -0.1) is 0 Å². The van der Waals surface area contributed by atoms with E-state index in [1.807, 2.05) is 13.8 Å². The molecule has 0 aromatic carbocycles. The zero-order valence-corrected chi connectivity index (χ0v) is 8.20. The van der Waals surface area contributed by atoms with Gasteiger partial charge in [0.25, 0.3) is 0 Å². The second-order valence-electron chi connectivity index (χ2n) is 4.28. The van der Waals surface area contributed by atoms with Crippen molar-refractivity contribution in [3.63, 3.8) is 0 Å². The summed E-state index contributed by atoms with van der Waals surface area (Å²) in [6, 6.07) is 0. The molecule has 0 bridgehead atoms. The molecule has 0 aromatic heterocycles. The van der Waals surface area contributed by atoms with Gasteiger partial charge < -0.3 is 10.0 Å². The molecule has 0 radical (unpaired) electrons. The molecule has 1 amide bonds. The van der Waals surface area contributed by atoms with Crippen LogP contribution < -0.4 is 0 Å². The Morgan fingerprint density at radius 2 is 2.00 bits per heavy atom. The molecule has 4 heteroatoms. The molecule has 74 valence electrons. The first-order valence-corrected chi connectivity index (χ1v) is 4.33. The first-order chi connectivity index (χ1) is 5.84. The highest BCUT2D eigenvalue weighted by Gasteiger charge is 2.44. The maximum absolute atomic E-state index is 11.0. The largest absolute Gasteiger partial charge is 0.481 e. The van der Waals surface area contributed by atoms with E-state index in [1.54, 1.807) is 4.90 Å². The summed E-state index contributed by atoms with van der Waals surface area (Å²) < 4.78 is 0. The minimum Gasteiger partial charge on any atom is -0.481 e. The second kappa shape index (κ2) is 3.01. The minimum atomic E-state index is -0.811. The lowest BCUT2D eigenvalue weighted by Gasteiger charge is -2.21. The van der Waals surface area contributed by atoms with Crippen molar-refractivity contribution in [2.75, 3.05) is 13.1 Å². The van der Waals surface area contributed by atoms with Gasteiger partial charge in [0.05, 0.1) is 5.92 Å². The molecule has 4 nitrogen and oxygen atoms in total. The van der Waals surface area contributed by atoms with E-state index < -0.39 is 11.9 Å². The third kappa shape index (κ3) is 1.82. The molecular weight excluding hydrogens is 170 g/mol. The number of hydrogen-bond acceptors (Lipinski definition) is 2. The Bertz CT molecular complexity index is 247. The van der Waals surface area contributed by atoms with Crippen molar-refractivity contribution < 1.29 is 14.7 Å². The summed E-state index contributed by atoms with van der Waals surface area (Å²) in [5.41, 5.74) is -0.308. The lowest BCUT2D eigenvalue weighted by molar-refractivity contribution is -0.144. The highest BCUT2D eigenvalue weighted by atomic mass is 16.4. The van der Waals surface area contributed by atoms with Crippen LogP contribution >= 0.6 is 0 Å². The summed E-state index contributed by atoms with van der Waals surface area (Å²) in [5.74, 6) is -1.29. The van der Waals surface area contributed by atoms with E-state index >= 15 is 0 Å². The monoisotopic (exact) mass is 185 g/mol. The van der Waals surface area contributed by atoms with Gasteiger partial charge in [0.2, 0.25) is 5.91 Å². The maximum Gasteiger partial charge on any atom is 0.308 e. The van der Waals surface area contributed by atoms with Crippen LogP contribution in [0.5, 0.6) is 0 Å². The van der Waals surface area contributed by atoms with Crippen LogP contribution in [0.25, 0.3) is 0 Å². The van der Waals surface area contributed by atoms with E-state index in [0.29, 0.717) is 13.1 Å². The van der Waals surface area contributed by atoms with Crippen molar-refractivity contribution in [3.8, 4) is 0 Å². The minimum absolute atomic E-state index is 0.0446. The van der Waals surface area contributed by atoms with E-state index in [4.69, 9.17) is 5.11 Å². The summed E-state index contributed by atoms with van der Waals surface area (Å²) in [6.45, 7) is 6.13.